The molecule has 21 heavy (non-hydrogen) atoms. The molecular formula is C14H23N5O2. The first-order valence-corrected chi connectivity index (χ1v) is 7.67. The summed E-state index contributed by atoms with van der Waals surface area (Å²) in [6.45, 7) is 7.14. The van der Waals surface area contributed by atoms with Gasteiger partial charge in [-0.05, 0) is 19.5 Å². The van der Waals surface area contributed by atoms with Crippen molar-refractivity contribution < 1.29 is 9.53 Å². The van der Waals surface area contributed by atoms with Crippen LogP contribution >= 0.6 is 0 Å². The number of hydrogen-bond acceptors (Lipinski definition) is 5. The Kier molecular flexibility index (Phi) is 4.52. The Morgan fingerprint density at radius 3 is 3.29 bits per heavy atom. The number of rotatable bonds is 4. The summed E-state index contributed by atoms with van der Waals surface area (Å²) in [6.07, 6.45) is 2.59. The van der Waals surface area contributed by atoms with Crippen LogP contribution in [-0.4, -0.2) is 66.0 Å². The van der Waals surface area contributed by atoms with Gasteiger partial charge in [-0.1, -0.05) is 6.92 Å². The van der Waals surface area contributed by atoms with Gasteiger partial charge < -0.3 is 15.4 Å². The van der Waals surface area contributed by atoms with Gasteiger partial charge in [0.05, 0.1) is 12.6 Å². The Hall–Kier alpha value is -1.44. The number of aromatic nitrogens is 2. The number of nitrogens with zero attached hydrogens (tertiary/aromatic N) is 3. The summed E-state index contributed by atoms with van der Waals surface area (Å²) >= 11 is 0. The van der Waals surface area contributed by atoms with Crippen molar-refractivity contribution in [3.8, 4) is 0 Å². The van der Waals surface area contributed by atoms with Crippen molar-refractivity contribution in [2.75, 3.05) is 44.6 Å². The smallest absolute Gasteiger partial charge is 0.256 e. The summed E-state index contributed by atoms with van der Waals surface area (Å²) in [5.41, 5.74) is 0. The molecule has 2 saturated heterocycles. The number of amides is 1. The number of morpholine rings is 1. The van der Waals surface area contributed by atoms with Gasteiger partial charge in [-0.2, -0.15) is 5.10 Å². The zero-order chi connectivity index (χ0) is 14.7. The second-order valence-electron chi connectivity index (χ2n) is 5.57. The molecule has 0 unspecified atom stereocenters. The van der Waals surface area contributed by atoms with E-state index < -0.39 is 6.10 Å². The summed E-state index contributed by atoms with van der Waals surface area (Å²) in [5.74, 6) is 0.493. The van der Waals surface area contributed by atoms with Crippen LogP contribution in [0.3, 0.4) is 0 Å². The van der Waals surface area contributed by atoms with E-state index in [9.17, 15) is 4.79 Å². The number of carbonyl (C=O) groups excluding carboxylic acids is 1. The molecule has 2 aliphatic heterocycles. The van der Waals surface area contributed by atoms with Crippen LogP contribution in [0.5, 0.6) is 0 Å². The first-order chi connectivity index (χ1) is 10.3. The fourth-order valence-corrected chi connectivity index (χ4v) is 2.83. The van der Waals surface area contributed by atoms with Crippen molar-refractivity contribution in [3.63, 3.8) is 0 Å². The Bertz CT molecular complexity index is 483. The molecule has 3 rings (SSSR count). The molecule has 1 amide bonds. The maximum atomic E-state index is 12.2. The molecule has 7 nitrogen and oxygen atoms in total. The Morgan fingerprint density at radius 1 is 1.62 bits per heavy atom. The van der Waals surface area contributed by atoms with E-state index in [0.29, 0.717) is 25.0 Å². The molecule has 0 bridgehead atoms. The Morgan fingerprint density at radius 2 is 2.52 bits per heavy atom. The van der Waals surface area contributed by atoms with E-state index in [1.54, 1.807) is 0 Å². The summed E-state index contributed by atoms with van der Waals surface area (Å²) in [4.78, 5) is 14.5. The second-order valence-corrected chi connectivity index (χ2v) is 5.57. The van der Waals surface area contributed by atoms with Gasteiger partial charge in [-0.25, -0.2) is 0 Å². The zero-order valence-electron chi connectivity index (χ0n) is 12.4. The lowest BCUT2D eigenvalue weighted by atomic mass is 10.2. The van der Waals surface area contributed by atoms with Gasteiger partial charge in [0.2, 0.25) is 0 Å². The molecule has 116 valence electrons. The number of hydrogen-bond donors (Lipinski definition) is 2. The predicted molar refractivity (Wildman–Crippen MR) is 79.2 cm³/mol. The Labute approximate surface area is 124 Å². The minimum absolute atomic E-state index is 0.108. The maximum Gasteiger partial charge on any atom is 0.256 e. The van der Waals surface area contributed by atoms with Crippen molar-refractivity contribution in [1.29, 1.82) is 0 Å². The number of anilines is 1. The topological polar surface area (TPSA) is 71.4 Å². The minimum atomic E-state index is -0.406. The SMILES string of the molecule is CCN1CCO[C@@H](C(=O)Nc2ccn([C@@H]3CCNC3)n2)C1. The molecule has 0 aromatic carbocycles. The molecular weight excluding hydrogens is 270 g/mol. The van der Waals surface area contributed by atoms with E-state index in [1.165, 1.54) is 0 Å². The van der Waals surface area contributed by atoms with Crippen molar-refractivity contribution in [2.45, 2.75) is 25.5 Å². The first kappa shape index (κ1) is 14.5. The molecule has 1 aromatic heterocycles. The van der Waals surface area contributed by atoms with Crippen LogP contribution in [0.1, 0.15) is 19.4 Å². The van der Waals surface area contributed by atoms with Gasteiger partial charge >= 0.3 is 0 Å². The molecule has 0 radical (unpaired) electrons. The summed E-state index contributed by atoms with van der Waals surface area (Å²) < 4.78 is 7.48. The predicted octanol–water partition coefficient (Wildman–Crippen LogP) is 0.0767. The molecule has 2 fully saturated rings. The second kappa shape index (κ2) is 6.55. The highest BCUT2D eigenvalue weighted by Gasteiger charge is 2.26. The van der Waals surface area contributed by atoms with Crippen LogP contribution in [0.2, 0.25) is 0 Å². The van der Waals surface area contributed by atoms with E-state index in [2.05, 4.69) is 27.6 Å². The van der Waals surface area contributed by atoms with E-state index in [0.717, 1.165) is 32.6 Å². The number of likely N-dealkylation sites (N-methyl/N-ethyl adjacent to an activating group) is 1. The Balaban J connectivity index is 1.57. The van der Waals surface area contributed by atoms with Gasteiger partial charge in [0.25, 0.3) is 5.91 Å². The highest BCUT2D eigenvalue weighted by Crippen LogP contribution is 2.16. The minimum Gasteiger partial charge on any atom is -0.366 e. The fourth-order valence-electron chi connectivity index (χ4n) is 2.83. The quantitative estimate of drug-likeness (QED) is 0.822. The van der Waals surface area contributed by atoms with Gasteiger partial charge in [0, 0.05) is 31.9 Å². The highest BCUT2D eigenvalue weighted by molar-refractivity contribution is 5.93. The first-order valence-electron chi connectivity index (χ1n) is 7.67. The number of carbonyl (C=O) groups is 1. The van der Waals surface area contributed by atoms with Crippen LogP contribution in [0.4, 0.5) is 5.82 Å². The summed E-state index contributed by atoms with van der Waals surface area (Å²) in [7, 11) is 0. The molecule has 2 N–H and O–H groups in total. The fraction of sp³-hybridized carbons (Fsp3) is 0.714. The molecule has 2 aliphatic rings. The van der Waals surface area contributed by atoms with Crippen molar-refractivity contribution >= 4 is 11.7 Å². The third kappa shape index (κ3) is 3.42. The average Bonchev–Trinajstić information content (AvgIpc) is 3.18. The molecule has 7 heteroatoms. The zero-order valence-corrected chi connectivity index (χ0v) is 12.4. The van der Waals surface area contributed by atoms with Crippen LogP contribution in [0.25, 0.3) is 0 Å². The van der Waals surface area contributed by atoms with E-state index in [1.807, 2.05) is 16.9 Å². The normalized spacial score (nSPS) is 26.9. The summed E-state index contributed by atoms with van der Waals surface area (Å²) in [6, 6.07) is 2.23. The maximum absolute atomic E-state index is 12.2. The van der Waals surface area contributed by atoms with Gasteiger partial charge in [-0.15, -0.1) is 0 Å². The largest absolute Gasteiger partial charge is 0.366 e. The lowest BCUT2D eigenvalue weighted by molar-refractivity contribution is -0.132. The van der Waals surface area contributed by atoms with Gasteiger partial charge in [-0.3, -0.25) is 14.4 Å². The molecule has 1 aromatic rings. The van der Waals surface area contributed by atoms with E-state index in [-0.39, 0.29) is 5.91 Å². The molecule has 3 heterocycles. The lowest BCUT2D eigenvalue weighted by Gasteiger charge is -2.30. The van der Waals surface area contributed by atoms with Crippen molar-refractivity contribution in [3.05, 3.63) is 12.3 Å². The van der Waals surface area contributed by atoms with Gasteiger partial charge in [0.15, 0.2) is 5.82 Å². The highest BCUT2D eigenvalue weighted by atomic mass is 16.5. The van der Waals surface area contributed by atoms with Gasteiger partial charge in [0.1, 0.15) is 6.10 Å². The van der Waals surface area contributed by atoms with E-state index in [4.69, 9.17) is 4.74 Å². The average molecular weight is 293 g/mol. The molecule has 0 saturated carbocycles. The van der Waals surface area contributed by atoms with Crippen LogP contribution in [0.15, 0.2) is 12.3 Å². The molecule has 0 spiro atoms. The molecule has 0 aliphatic carbocycles. The lowest BCUT2D eigenvalue weighted by Crippen LogP contribution is -2.47. The van der Waals surface area contributed by atoms with Crippen molar-refractivity contribution in [2.24, 2.45) is 0 Å². The third-order valence-corrected chi connectivity index (χ3v) is 4.16. The van der Waals surface area contributed by atoms with Crippen LogP contribution in [0, 0.1) is 0 Å². The number of ether oxygens (including phenoxy) is 1. The van der Waals surface area contributed by atoms with Crippen LogP contribution < -0.4 is 10.6 Å². The number of nitrogens with one attached hydrogen (secondary N) is 2. The van der Waals surface area contributed by atoms with E-state index >= 15 is 0 Å². The summed E-state index contributed by atoms with van der Waals surface area (Å²) in [5, 5.41) is 10.6. The standard InChI is InChI=1S/C14H23N5O2/c1-2-18-7-8-21-12(10-18)14(20)16-13-4-6-19(17-13)11-3-5-15-9-11/h4,6,11-12,15H,2-3,5,7-10H2,1H3,(H,16,17,20)/t11-,12-/m1/s1. The molecule has 2 atom stereocenters. The monoisotopic (exact) mass is 293 g/mol. The third-order valence-electron chi connectivity index (χ3n) is 4.16. The van der Waals surface area contributed by atoms with Crippen LogP contribution in [-0.2, 0) is 9.53 Å². The van der Waals surface area contributed by atoms with Crippen molar-refractivity contribution in [1.82, 2.24) is 20.0 Å².